The largest absolute Gasteiger partial charge is 0.326 e. The van der Waals surface area contributed by atoms with Crippen molar-refractivity contribution in [2.24, 2.45) is 5.14 Å². The molecular weight excluding hydrogens is 288 g/mol. The topological polar surface area (TPSA) is 89.3 Å². The van der Waals surface area contributed by atoms with E-state index in [2.05, 4.69) is 5.32 Å². The molecule has 0 atom stereocenters. The summed E-state index contributed by atoms with van der Waals surface area (Å²) >= 11 is 0. The van der Waals surface area contributed by atoms with Crippen LogP contribution in [0.3, 0.4) is 0 Å². The number of sulfonamides is 1. The van der Waals surface area contributed by atoms with Gasteiger partial charge in [-0.25, -0.2) is 13.6 Å². The molecule has 0 aromatic heterocycles. The average molecular weight is 304 g/mol. The van der Waals surface area contributed by atoms with Crippen molar-refractivity contribution >= 4 is 21.6 Å². The van der Waals surface area contributed by atoms with Crippen LogP contribution in [0.4, 0.5) is 5.69 Å². The molecule has 0 spiro atoms. The number of hydrogen-bond donors (Lipinski definition) is 2. The van der Waals surface area contributed by atoms with Gasteiger partial charge in [-0.2, -0.15) is 0 Å². The quantitative estimate of drug-likeness (QED) is 0.903. The van der Waals surface area contributed by atoms with Crippen LogP contribution < -0.4 is 10.5 Å². The number of rotatable bonds is 4. The van der Waals surface area contributed by atoms with E-state index in [9.17, 15) is 13.2 Å². The van der Waals surface area contributed by atoms with Crippen molar-refractivity contribution in [3.8, 4) is 0 Å². The molecular formula is C15H16N2O3S. The summed E-state index contributed by atoms with van der Waals surface area (Å²) in [7, 11) is -3.80. The second kappa shape index (κ2) is 6.07. The number of primary sulfonamides is 1. The minimum absolute atomic E-state index is 0.0139. The fourth-order valence-electron chi connectivity index (χ4n) is 1.97. The first-order chi connectivity index (χ1) is 9.86. The molecule has 0 saturated heterocycles. The zero-order valence-corrected chi connectivity index (χ0v) is 12.4. The van der Waals surface area contributed by atoms with E-state index >= 15 is 0 Å². The maximum Gasteiger partial charge on any atom is 0.238 e. The lowest BCUT2D eigenvalue weighted by Gasteiger charge is -2.09. The Labute approximate surface area is 123 Å². The summed E-state index contributed by atoms with van der Waals surface area (Å²) in [4.78, 5) is 11.9. The van der Waals surface area contributed by atoms with Gasteiger partial charge in [-0.1, -0.05) is 36.4 Å². The lowest BCUT2D eigenvalue weighted by molar-refractivity contribution is -0.115. The number of aryl methyl sites for hydroxylation is 1. The molecule has 21 heavy (non-hydrogen) atoms. The Kier molecular flexibility index (Phi) is 4.40. The van der Waals surface area contributed by atoms with Crippen molar-refractivity contribution in [2.45, 2.75) is 18.2 Å². The minimum Gasteiger partial charge on any atom is -0.326 e. The number of benzene rings is 2. The molecule has 0 aliphatic carbocycles. The predicted molar refractivity (Wildman–Crippen MR) is 81.3 cm³/mol. The normalized spacial score (nSPS) is 11.1. The van der Waals surface area contributed by atoms with Gasteiger partial charge in [-0.15, -0.1) is 0 Å². The van der Waals surface area contributed by atoms with E-state index in [-0.39, 0.29) is 17.2 Å². The van der Waals surface area contributed by atoms with Crippen LogP contribution in [-0.4, -0.2) is 14.3 Å². The molecule has 1 amide bonds. The van der Waals surface area contributed by atoms with Crippen LogP contribution in [0.1, 0.15) is 11.1 Å². The van der Waals surface area contributed by atoms with Gasteiger partial charge in [0, 0.05) is 5.69 Å². The molecule has 3 N–H and O–H groups in total. The molecule has 0 fully saturated rings. The van der Waals surface area contributed by atoms with Gasteiger partial charge in [0.1, 0.15) is 0 Å². The minimum atomic E-state index is -3.80. The molecule has 5 nitrogen and oxygen atoms in total. The van der Waals surface area contributed by atoms with E-state index < -0.39 is 10.0 Å². The number of carbonyl (C=O) groups is 1. The van der Waals surface area contributed by atoms with Crippen LogP contribution in [-0.2, 0) is 21.2 Å². The van der Waals surface area contributed by atoms with Crippen LogP contribution in [0.2, 0.25) is 0 Å². The third-order valence-corrected chi connectivity index (χ3v) is 4.04. The number of carbonyl (C=O) groups excluding carboxylic acids is 1. The molecule has 0 heterocycles. The number of nitrogens with one attached hydrogen (secondary N) is 1. The van der Waals surface area contributed by atoms with E-state index in [1.165, 1.54) is 6.07 Å². The Balaban J connectivity index is 2.15. The molecule has 0 radical (unpaired) electrons. The van der Waals surface area contributed by atoms with Gasteiger partial charge >= 0.3 is 0 Å². The standard InChI is InChI=1S/C15H16N2O3S/c1-11-7-8-13(10-14(11)21(16,19)20)17-15(18)9-12-5-3-2-4-6-12/h2-8,10H,9H2,1H3,(H,17,18)(H2,16,19,20). The smallest absolute Gasteiger partial charge is 0.238 e. The molecule has 0 bridgehead atoms. The van der Waals surface area contributed by atoms with Gasteiger partial charge < -0.3 is 5.32 Å². The van der Waals surface area contributed by atoms with Crippen molar-refractivity contribution in [2.75, 3.05) is 5.32 Å². The third kappa shape index (κ3) is 4.14. The van der Waals surface area contributed by atoms with Crippen molar-refractivity contribution in [1.82, 2.24) is 0 Å². The number of anilines is 1. The summed E-state index contributed by atoms with van der Waals surface area (Å²) < 4.78 is 22.9. The van der Waals surface area contributed by atoms with Crippen LogP contribution in [0.15, 0.2) is 53.4 Å². The maximum absolute atomic E-state index is 11.9. The lowest BCUT2D eigenvalue weighted by Crippen LogP contribution is -2.17. The van der Waals surface area contributed by atoms with Gasteiger partial charge in [-0.3, -0.25) is 4.79 Å². The van der Waals surface area contributed by atoms with E-state index in [1.807, 2.05) is 30.3 Å². The number of amides is 1. The molecule has 2 aromatic carbocycles. The molecule has 0 aliphatic rings. The van der Waals surface area contributed by atoms with E-state index in [1.54, 1.807) is 19.1 Å². The highest BCUT2D eigenvalue weighted by Crippen LogP contribution is 2.19. The molecule has 0 saturated carbocycles. The summed E-state index contributed by atoms with van der Waals surface area (Å²) in [6.07, 6.45) is 0.222. The first-order valence-electron chi connectivity index (χ1n) is 6.33. The molecule has 0 aliphatic heterocycles. The Morgan fingerprint density at radius 2 is 1.81 bits per heavy atom. The predicted octanol–water partition coefficient (Wildman–Crippen LogP) is 1.82. The fraction of sp³-hybridized carbons (Fsp3) is 0.133. The Hall–Kier alpha value is -2.18. The molecule has 110 valence electrons. The van der Waals surface area contributed by atoms with Crippen molar-refractivity contribution in [1.29, 1.82) is 0 Å². The molecule has 6 heteroatoms. The van der Waals surface area contributed by atoms with Gasteiger partial charge in [0.15, 0.2) is 0 Å². The Morgan fingerprint density at radius 3 is 2.43 bits per heavy atom. The maximum atomic E-state index is 11.9. The van der Waals surface area contributed by atoms with Crippen LogP contribution in [0.25, 0.3) is 0 Å². The molecule has 0 unspecified atom stereocenters. The first-order valence-corrected chi connectivity index (χ1v) is 7.88. The number of nitrogens with two attached hydrogens (primary N) is 1. The van der Waals surface area contributed by atoms with Crippen LogP contribution in [0, 0.1) is 6.92 Å². The first kappa shape index (κ1) is 15.2. The monoisotopic (exact) mass is 304 g/mol. The van der Waals surface area contributed by atoms with E-state index in [0.29, 0.717) is 11.3 Å². The summed E-state index contributed by atoms with van der Waals surface area (Å²) in [5.74, 6) is -0.217. The Bertz CT molecular complexity index is 756. The van der Waals surface area contributed by atoms with Gasteiger partial charge in [0.2, 0.25) is 15.9 Å². The van der Waals surface area contributed by atoms with E-state index in [4.69, 9.17) is 5.14 Å². The molecule has 2 aromatic rings. The molecule has 2 rings (SSSR count). The van der Waals surface area contributed by atoms with Crippen molar-refractivity contribution in [3.63, 3.8) is 0 Å². The van der Waals surface area contributed by atoms with Crippen LogP contribution in [0.5, 0.6) is 0 Å². The van der Waals surface area contributed by atoms with Gasteiger partial charge in [0.05, 0.1) is 11.3 Å². The summed E-state index contributed by atoms with van der Waals surface area (Å²) in [5.41, 5.74) is 1.83. The van der Waals surface area contributed by atoms with Gasteiger partial charge in [-0.05, 0) is 30.2 Å². The second-order valence-electron chi connectivity index (χ2n) is 4.74. The van der Waals surface area contributed by atoms with E-state index in [0.717, 1.165) is 5.56 Å². The Morgan fingerprint density at radius 1 is 1.14 bits per heavy atom. The second-order valence-corrected chi connectivity index (χ2v) is 6.27. The SMILES string of the molecule is Cc1ccc(NC(=O)Cc2ccccc2)cc1S(N)(=O)=O. The van der Waals surface area contributed by atoms with Crippen molar-refractivity contribution in [3.05, 3.63) is 59.7 Å². The third-order valence-electron chi connectivity index (χ3n) is 2.99. The summed E-state index contributed by atoms with van der Waals surface area (Å²) in [6.45, 7) is 1.65. The average Bonchev–Trinajstić information content (AvgIpc) is 2.41. The number of hydrogen-bond acceptors (Lipinski definition) is 3. The highest BCUT2D eigenvalue weighted by Gasteiger charge is 2.13. The van der Waals surface area contributed by atoms with Gasteiger partial charge in [0.25, 0.3) is 0 Å². The fourth-order valence-corrected chi connectivity index (χ4v) is 2.78. The highest BCUT2D eigenvalue weighted by molar-refractivity contribution is 7.89. The summed E-state index contributed by atoms with van der Waals surface area (Å²) in [5, 5.41) is 7.81. The highest BCUT2D eigenvalue weighted by atomic mass is 32.2. The van der Waals surface area contributed by atoms with Crippen LogP contribution >= 0.6 is 0 Å². The van der Waals surface area contributed by atoms with Crippen molar-refractivity contribution < 1.29 is 13.2 Å². The summed E-state index contributed by atoms with van der Waals surface area (Å²) in [6, 6.07) is 13.9. The zero-order valence-electron chi connectivity index (χ0n) is 11.5. The lowest BCUT2D eigenvalue weighted by atomic mass is 10.1. The zero-order chi connectivity index (χ0) is 15.5.